The first-order chi connectivity index (χ1) is 12.6. The number of benzene rings is 1. The second kappa shape index (κ2) is 6.85. The van der Waals surface area contributed by atoms with Crippen LogP contribution >= 0.6 is 0 Å². The fourth-order valence-corrected chi connectivity index (χ4v) is 4.46. The summed E-state index contributed by atoms with van der Waals surface area (Å²) in [5.74, 6) is -1.01. The van der Waals surface area contributed by atoms with Gasteiger partial charge >= 0.3 is 5.97 Å². The van der Waals surface area contributed by atoms with E-state index in [4.69, 9.17) is 9.47 Å². The highest BCUT2D eigenvalue weighted by Gasteiger charge is 2.46. The van der Waals surface area contributed by atoms with Gasteiger partial charge in [-0.3, -0.25) is 4.79 Å². The summed E-state index contributed by atoms with van der Waals surface area (Å²) in [6.45, 7) is 1.17. The average molecular weight is 359 g/mol. The smallest absolute Gasteiger partial charge is 0.309 e. The van der Waals surface area contributed by atoms with Crippen LogP contribution in [0.2, 0.25) is 0 Å². The lowest BCUT2D eigenvalue weighted by Gasteiger charge is -2.28. The van der Waals surface area contributed by atoms with E-state index in [1.54, 1.807) is 19.2 Å². The minimum absolute atomic E-state index is 0.0261. The zero-order valence-corrected chi connectivity index (χ0v) is 14.5. The maximum absolute atomic E-state index is 13.2. The molecule has 0 radical (unpaired) electrons. The minimum atomic E-state index is -0.862. The normalized spacial score (nSPS) is 33.2. The second-order valence-electron chi connectivity index (χ2n) is 7.03. The Labute approximate surface area is 151 Å². The zero-order chi connectivity index (χ0) is 18.3. The molecule has 1 aromatic rings. The fourth-order valence-electron chi connectivity index (χ4n) is 4.46. The van der Waals surface area contributed by atoms with Crippen molar-refractivity contribution in [2.24, 2.45) is 17.8 Å². The third-order valence-electron chi connectivity index (χ3n) is 5.71. The molecule has 4 rings (SSSR count). The highest BCUT2D eigenvalue weighted by atomic mass is 19.1. The molecule has 2 N–H and O–H groups in total. The van der Waals surface area contributed by atoms with Crippen molar-refractivity contribution in [2.75, 3.05) is 20.3 Å². The Balaban J connectivity index is 1.67. The lowest BCUT2D eigenvalue weighted by Crippen LogP contribution is -2.30. The molecule has 2 aliphatic heterocycles. The minimum Gasteiger partial charge on any atom is -0.497 e. The standard InChI is InChI=1S/C20H22FNO4/c1-25-16-7-6-13(19-14(16)8-9-26-19)15-10-22-18(17(15)20(23)24)11-2-4-12(21)5-3-11/h2-7,14-18,22H,8-10H2,1H3,(H,23,24)/t14?,15?,16?,17-,18?/m1/s1. The molecule has 0 aromatic heterocycles. The molecule has 6 heteroatoms. The van der Waals surface area contributed by atoms with Crippen LogP contribution in [0.25, 0.3) is 0 Å². The number of fused-ring (bicyclic) bond motifs is 1. The Morgan fingerprint density at radius 3 is 2.77 bits per heavy atom. The monoisotopic (exact) mass is 359 g/mol. The summed E-state index contributed by atoms with van der Waals surface area (Å²) in [6.07, 6.45) is 4.81. The SMILES string of the molecule is COC1C=CC(C2CNC(c3ccc(F)cc3)[C@@H]2C(=O)O)=C2OCCC21. The molecule has 0 bridgehead atoms. The first kappa shape index (κ1) is 17.2. The molecule has 0 spiro atoms. The second-order valence-corrected chi connectivity index (χ2v) is 7.03. The third-order valence-corrected chi connectivity index (χ3v) is 5.71. The summed E-state index contributed by atoms with van der Waals surface area (Å²) in [6, 6.07) is 5.67. The summed E-state index contributed by atoms with van der Waals surface area (Å²) in [5, 5.41) is 13.2. The molecule has 0 saturated carbocycles. The third kappa shape index (κ3) is 2.83. The van der Waals surface area contributed by atoms with Crippen LogP contribution in [0.5, 0.6) is 0 Å². The van der Waals surface area contributed by atoms with Gasteiger partial charge in [-0.25, -0.2) is 4.39 Å². The Morgan fingerprint density at radius 1 is 1.31 bits per heavy atom. The molecule has 5 atom stereocenters. The van der Waals surface area contributed by atoms with Gasteiger partial charge in [0.25, 0.3) is 0 Å². The molecule has 26 heavy (non-hydrogen) atoms. The van der Waals surface area contributed by atoms with Gasteiger partial charge in [-0.15, -0.1) is 0 Å². The van der Waals surface area contributed by atoms with E-state index in [9.17, 15) is 14.3 Å². The number of allylic oxidation sites excluding steroid dienone is 1. The Hall–Kier alpha value is -2.18. The van der Waals surface area contributed by atoms with Crippen LogP contribution in [-0.2, 0) is 14.3 Å². The van der Waals surface area contributed by atoms with Crippen molar-refractivity contribution in [2.45, 2.75) is 18.6 Å². The molecule has 4 unspecified atom stereocenters. The van der Waals surface area contributed by atoms with Gasteiger partial charge in [0, 0.05) is 31.5 Å². The maximum Gasteiger partial charge on any atom is 0.309 e. The van der Waals surface area contributed by atoms with E-state index in [1.807, 2.05) is 12.2 Å². The Morgan fingerprint density at radius 2 is 2.08 bits per heavy atom. The number of ether oxygens (including phenoxy) is 2. The van der Waals surface area contributed by atoms with Gasteiger partial charge in [-0.05, 0) is 29.7 Å². The molecular formula is C20H22FNO4. The lowest BCUT2D eigenvalue weighted by atomic mass is 9.78. The fraction of sp³-hybridized carbons (Fsp3) is 0.450. The van der Waals surface area contributed by atoms with Crippen LogP contribution in [0.1, 0.15) is 18.0 Å². The highest BCUT2D eigenvalue weighted by molar-refractivity contribution is 5.73. The number of hydrogen-bond donors (Lipinski definition) is 2. The number of halogens is 1. The van der Waals surface area contributed by atoms with Crippen molar-refractivity contribution in [3.63, 3.8) is 0 Å². The highest BCUT2D eigenvalue weighted by Crippen LogP contribution is 2.44. The maximum atomic E-state index is 13.2. The van der Waals surface area contributed by atoms with Crippen LogP contribution in [0, 0.1) is 23.6 Å². The van der Waals surface area contributed by atoms with E-state index < -0.39 is 11.9 Å². The number of carbonyl (C=O) groups is 1. The first-order valence-corrected chi connectivity index (χ1v) is 8.89. The molecule has 2 saturated heterocycles. The van der Waals surface area contributed by atoms with Crippen molar-refractivity contribution in [1.82, 2.24) is 5.32 Å². The molecule has 2 fully saturated rings. The van der Waals surface area contributed by atoms with Gasteiger partial charge in [0.2, 0.25) is 0 Å². The number of aliphatic carboxylic acids is 1. The number of carboxylic acids is 1. The average Bonchev–Trinajstić information content (AvgIpc) is 3.29. The van der Waals surface area contributed by atoms with Crippen molar-refractivity contribution < 1.29 is 23.8 Å². The van der Waals surface area contributed by atoms with Gasteiger partial charge in [0.05, 0.1) is 18.6 Å². The van der Waals surface area contributed by atoms with E-state index in [1.165, 1.54) is 12.1 Å². The summed E-state index contributed by atoms with van der Waals surface area (Å²) in [7, 11) is 1.68. The quantitative estimate of drug-likeness (QED) is 0.865. The summed E-state index contributed by atoms with van der Waals surface area (Å²) in [5.41, 5.74) is 1.73. The summed E-state index contributed by atoms with van der Waals surface area (Å²) >= 11 is 0. The van der Waals surface area contributed by atoms with Gasteiger partial charge < -0.3 is 19.9 Å². The number of rotatable bonds is 4. The molecule has 138 valence electrons. The van der Waals surface area contributed by atoms with Crippen molar-refractivity contribution in [3.8, 4) is 0 Å². The van der Waals surface area contributed by atoms with Crippen molar-refractivity contribution in [3.05, 3.63) is 59.1 Å². The van der Waals surface area contributed by atoms with Crippen LogP contribution < -0.4 is 5.32 Å². The molecule has 3 aliphatic rings. The van der Waals surface area contributed by atoms with Crippen molar-refractivity contribution >= 4 is 5.97 Å². The van der Waals surface area contributed by atoms with Gasteiger partial charge in [0.15, 0.2) is 0 Å². The molecule has 0 amide bonds. The number of methoxy groups -OCH3 is 1. The van der Waals surface area contributed by atoms with E-state index in [2.05, 4.69) is 5.32 Å². The van der Waals surface area contributed by atoms with Crippen LogP contribution in [0.4, 0.5) is 4.39 Å². The topological polar surface area (TPSA) is 67.8 Å². The summed E-state index contributed by atoms with van der Waals surface area (Å²) < 4.78 is 24.6. The predicted octanol–water partition coefficient (Wildman–Crippen LogP) is 2.66. The summed E-state index contributed by atoms with van der Waals surface area (Å²) in [4.78, 5) is 12.1. The molecule has 1 aliphatic carbocycles. The first-order valence-electron chi connectivity index (χ1n) is 8.89. The Bertz CT molecular complexity index is 758. The van der Waals surface area contributed by atoms with Crippen LogP contribution in [-0.4, -0.2) is 37.4 Å². The Kier molecular flexibility index (Phi) is 4.54. The molecule has 1 aromatic carbocycles. The number of hydrogen-bond acceptors (Lipinski definition) is 4. The van der Waals surface area contributed by atoms with E-state index in [-0.39, 0.29) is 29.8 Å². The molecule has 2 heterocycles. The number of carboxylic acid groups (broad SMARTS) is 1. The van der Waals surface area contributed by atoms with Crippen LogP contribution in [0.15, 0.2) is 47.7 Å². The number of nitrogens with one attached hydrogen (secondary N) is 1. The van der Waals surface area contributed by atoms with Gasteiger partial charge in [-0.2, -0.15) is 0 Å². The van der Waals surface area contributed by atoms with E-state index >= 15 is 0 Å². The van der Waals surface area contributed by atoms with E-state index in [0.29, 0.717) is 13.2 Å². The van der Waals surface area contributed by atoms with Crippen molar-refractivity contribution in [1.29, 1.82) is 0 Å². The largest absolute Gasteiger partial charge is 0.497 e. The molecular weight excluding hydrogens is 337 g/mol. The molecule has 5 nitrogen and oxygen atoms in total. The lowest BCUT2D eigenvalue weighted by molar-refractivity contribution is -0.143. The van der Waals surface area contributed by atoms with Crippen LogP contribution in [0.3, 0.4) is 0 Å². The van der Waals surface area contributed by atoms with E-state index in [0.717, 1.165) is 23.3 Å². The predicted molar refractivity (Wildman–Crippen MR) is 92.8 cm³/mol. The van der Waals surface area contributed by atoms with Gasteiger partial charge in [-0.1, -0.05) is 24.3 Å². The van der Waals surface area contributed by atoms with Gasteiger partial charge in [0.1, 0.15) is 11.6 Å². The zero-order valence-electron chi connectivity index (χ0n) is 14.5.